The average molecular weight is 359 g/mol. The fourth-order valence-electron chi connectivity index (χ4n) is 2.83. The molecule has 0 bridgehead atoms. The van der Waals surface area contributed by atoms with Gasteiger partial charge in [0.1, 0.15) is 0 Å². The smallest absolute Gasteiger partial charge is 0.0345 e. The maximum absolute atomic E-state index is 3.71. The van der Waals surface area contributed by atoms with Gasteiger partial charge in [0.15, 0.2) is 0 Å². The Labute approximate surface area is 139 Å². The summed E-state index contributed by atoms with van der Waals surface area (Å²) in [5.41, 5.74) is 4.37. The Bertz CT molecular complexity index is 729. The van der Waals surface area contributed by atoms with Gasteiger partial charge in [0, 0.05) is 10.0 Å². The molecule has 0 saturated heterocycles. The zero-order chi connectivity index (χ0) is 14.7. The van der Waals surface area contributed by atoms with Crippen molar-refractivity contribution in [2.75, 3.05) is 5.33 Å². The monoisotopic (exact) mass is 358 g/mol. The minimum atomic E-state index is 0.643. The largest absolute Gasteiger partial charge is 0.144 e. The summed E-state index contributed by atoms with van der Waals surface area (Å²) in [4.78, 5) is 0. The molecule has 0 saturated carbocycles. The second kappa shape index (κ2) is 6.76. The highest BCUT2D eigenvalue weighted by Gasteiger charge is 2.13. The number of hydrogen-bond acceptors (Lipinski definition) is 1. The third-order valence-electron chi connectivity index (χ3n) is 4.06. The first-order valence-electron chi connectivity index (χ1n) is 7.33. The highest BCUT2D eigenvalue weighted by atomic mass is 79.9. The number of hydrogen-bond donors (Lipinski definition) is 0. The van der Waals surface area contributed by atoms with E-state index in [1.165, 1.54) is 26.8 Å². The van der Waals surface area contributed by atoms with Gasteiger partial charge in [-0.1, -0.05) is 58.4 Å². The molecule has 3 aromatic rings. The zero-order valence-corrected chi connectivity index (χ0v) is 14.6. The number of benzene rings is 2. The molecule has 0 amide bonds. The molecule has 108 valence electrons. The average Bonchev–Trinajstić information content (AvgIpc) is 2.92. The van der Waals surface area contributed by atoms with Crippen LogP contribution in [0, 0.1) is 12.8 Å². The summed E-state index contributed by atoms with van der Waals surface area (Å²) in [5.74, 6) is 0.643. The Kier molecular flexibility index (Phi) is 4.77. The van der Waals surface area contributed by atoms with Crippen LogP contribution in [0.1, 0.15) is 16.7 Å². The molecule has 0 aliphatic heterocycles. The molecule has 0 fully saturated rings. The molecule has 1 unspecified atom stereocenters. The Balaban J connectivity index is 1.80. The van der Waals surface area contributed by atoms with Crippen molar-refractivity contribution in [2.24, 2.45) is 5.92 Å². The van der Waals surface area contributed by atoms with Gasteiger partial charge >= 0.3 is 0 Å². The minimum absolute atomic E-state index is 0.643. The van der Waals surface area contributed by atoms with Crippen molar-refractivity contribution in [1.82, 2.24) is 0 Å². The number of halogens is 1. The first-order chi connectivity index (χ1) is 10.3. The van der Waals surface area contributed by atoms with E-state index < -0.39 is 0 Å². The van der Waals surface area contributed by atoms with E-state index in [4.69, 9.17) is 0 Å². The van der Waals surface area contributed by atoms with Gasteiger partial charge in [-0.2, -0.15) is 0 Å². The predicted molar refractivity (Wildman–Crippen MR) is 97.7 cm³/mol. The molecular weight excluding hydrogens is 340 g/mol. The Morgan fingerprint density at radius 2 is 1.67 bits per heavy atom. The molecule has 0 N–H and O–H groups in total. The number of alkyl halides is 1. The molecule has 0 spiro atoms. The number of thiophene rings is 1. The Hall–Kier alpha value is -1.12. The summed E-state index contributed by atoms with van der Waals surface area (Å²) in [5, 5.41) is 4.81. The second-order valence-electron chi connectivity index (χ2n) is 5.61. The molecule has 0 aliphatic carbocycles. The summed E-state index contributed by atoms with van der Waals surface area (Å²) < 4.78 is 1.40. The quantitative estimate of drug-likeness (QED) is 0.490. The van der Waals surface area contributed by atoms with E-state index in [1.54, 1.807) is 0 Å². The molecule has 21 heavy (non-hydrogen) atoms. The van der Waals surface area contributed by atoms with Crippen LogP contribution in [0.25, 0.3) is 10.1 Å². The van der Waals surface area contributed by atoms with E-state index >= 15 is 0 Å². The standard InChI is InChI=1S/C19H19BrS/c1-14-6-2-3-7-16(14)10-15(12-20)11-17-13-21-19-9-5-4-8-18(17)19/h2-9,13,15H,10-12H2,1H3. The van der Waals surface area contributed by atoms with E-state index in [1.807, 2.05) is 11.3 Å². The lowest BCUT2D eigenvalue weighted by Crippen LogP contribution is -2.10. The summed E-state index contributed by atoms with van der Waals surface area (Å²) in [6.45, 7) is 2.21. The molecule has 0 aliphatic rings. The summed E-state index contributed by atoms with van der Waals surface area (Å²) >= 11 is 5.57. The van der Waals surface area contributed by atoms with Crippen molar-refractivity contribution in [1.29, 1.82) is 0 Å². The van der Waals surface area contributed by atoms with Gasteiger partial charge in [-0.05, 0) is 59.2 Å². The van der Waals surface area contributed by atoms with Crippen LogP contribution in [-0.2, 0) is 12.8 Å². The summed E-state index contributed by atoms with van der Waals surface area (Å²) in [6, 6.07) is 17.5. The molecule has 3 rings (SSSR count). The van der Waals surface area contributed by atoms with Gasteiger partial charge in [-0.25, -0.2) is 0 Å². The second-order valence-corrected chi connectivity index (χ2v) is 7.17. The van der Waals surface area contributed by atoms with Crippen LogP contribution in [0.5, 0.6) is 0 Å². The highest BCUT2D eigenvalue weighted by Crippen LogP contribution is 2.29. The lowest BCUT2D eigenvalue weighted by Gasteiger charge is -2.15. The van der Waals surface area contributed by atoms with Gasteiger partial charge < -0.3 is 0 Å². The van der Waals surface area contributed by atoms with Crippen molar-refractivity contribution in [3.8, 4) is 0 Å². The van der Waals surface area contributed by atoms with Gasteiger partial charge in [-0.15, -0.1) is 11.3 Å². The van der Waals surface area contributed by atoms with Crippen LogP contribution in [0.4, 0.5) is 0 Å². The fraction of sp³-hybridized carbons (Fsp3) is 0.263. The van der Waals surface area contributed by atoms with Crippen molar-refractivity contribution >= 4 is 37.4 Å². The maximum Gasteiger partial charge on any atom is 0.0345 e. The third kappa shape index (κ3) is 3.38. The van der Waals surface area contributed by atoms with E-state index in [-0.39, 0.29) is 0 Å². The normalized spacial score (nSPS) is 12.7. The minimum Gasteiger partial charge on any atom is -0.144 e. The predicted octanol–water partition coefficient (Wildman–Crippen LogP) is 6.01. The van der Waals surface area contributed by atoms with E-state index in [0.717, 1.165) is 18.2 Å². The molecule has 2 heteroatoms. The van der Waals surface area contributed by atoms with E-state index in [0.29, 0.717) is 5.92 Å². The van der Waals surface area contributed by atoms with Crippen LogP contribution in [0.15, 0.2) is 53.9 Å². The fourth-order valence-corrected chi connectivity index (χ4v) is 4.27. The summed E-state index contributed by atoms with van der Waals surface area (Å²) in [7, 11) is 0. The van der Waals surface area contributed by atoms with Gasteiger partial charge in [0.25, 0.3) is 0 Å². The number of fused-ring (bicyclic) bond motifs is 1. The zero-order valence-electron chi connectivity index (χ0n) is 12.2. The van der Waals surface area contributed by atoms with Crippen LogP contribution in [0.2, 0.25) is 0 Å². The van der Waals surface area contributed by atoms with E-state index in [9.17, 15) is 0 Å². The Morgan fingerprint density at radius 3 is 2.48 bits per heavy atom. The van der Waals surface area contributed by atoms with Crippen molar-refractivity contribution in [3.05, 3.63) is 70.6 Å². The maximum atomic E-state index is 3.71. The first-order valence-corrected chi connectivity index (χ1v) is 9.33. The molecule has 0 radical (unpaired) electrons. The topological polar surface area (TPSA) is 0 Å². The van der Waals surface area contributed by atoms with Gasteiger partial charge in [0.2, 0.25) is 0 Å². The van der Waals surface area contributed by atoms with Gasteiger partial charge in [0.05, 0.1) is 0 Å². The lowest BCUT2D eigenvalue weighted by molar-refractivity contribution is 0.592. The molecule has 0 nitrogen and oxygen atoms in total. The Morgan fingerprint density at radius 1 is 0.952 bits per heavy atom. The SMILES string of the molecule is Cc1ccccc1CC(CBr)Cc1csc2ccccc12. The third-order valence-corrected chi connectivity index (χ3v) is 5.99. The van der Waals surface area contributed by atoms with Crippen LogP contribution < -0.4 is 0 Å². The first kappa shape index (κ1) is 14.8. The number of aryl methyl sites for hydroxylation is 1. The molecule has 1 aromatic heterocycles. The van der Waals surface area contributed by atoms with Crippen molar-refractivity contribution < 1.29 is 0 Å². The van der Waals surface area contributed by atoms with E-state index in [2.05, 4.69) is 76.8 Å². The number of rotatable bonds is 5. The molecule has 1 heterocycles. The van der Waals surface area contributed by atoms with Crippen LogP contribution in [0.3, 0.4) is 0 Å². The van der Waals surface area contributed by atoms with Crippen molar-refractivity contribution in [3.63, 3.8) is 0 Å². The lowest BCUT2D eigenvalue weighted by atomic mass is 9.92. The summed E-state index contributed by atoms with van der Waals surface area (Å²) in [6.07, 6.45) is 2.28. The van der Waals surface area contributed by atoms with Gasteiger partial charge in [-0.3, -0.25) is 0 Å². The van der Waals surface area contributed by atoms with Crippen LogP contribution >= 0.6 is 27.3 Å². The highest BCUT2D eigenvalue weighted by molar-refractivity contribution is 9.09. The molecule has 2 aromatic carbocycles. The van der Waals surface area contributed by atoms with Crippen LogP contribution in [-0.4, -0.2) is 5.33 Å². The molecular formula is C19H19BrS. The molecule has 1 atom stereocenters. The van der Waals surface area contributed by atoms with Crippen molar-refractivity contribution in [2.45, 2.75) is 19.8 Å².